The molecule has 6 nitrogen and oxygen atoms in total. The van der Waals surface area contributed by atoms with Gasteiger partial charge in [0, 0.05) is 27.8 Å². The van der Waals surface area contributed by atoms with Crippen molar-refractivity contribution in [2.24, 2.45) is 0 Å². The fourth-order valence-corrected chi connectivity index (χ4v) is 4.04. The maximum absolute atomic E-state index is 13.1. The Morgan fingerprint density at radius 1 is 1.06 bits per heavy atom. The van der Waals surface area contributed by atoms with Crippen molar-refractivity contribution in [2.45, 2.75) is 13.2 Å². The highest BCUT2D eigenvalue weighted by molar-refractivity contribution is 6.30. The fourth-order valence-electron chi connectivity index (χ4n) is 3.78. The molecule has 0 atom stereocenters. The summed E-state index contributed by atoms with van der Waals surface area (Å²) in [4.78, 5) is 13.1. The van der Waals surface area contributed by atoms with Crippen LogP contribution in [0.5, 0.6) is 17.2 Å². The molecule has 5 rings (SSSR count). The molecule has 0 amide bonds. The van der Waals surface area contributed by atoms with Crippen molar-refractivity contribution in [3.8, 4) is 28.4 Å². The Bertz CT molecular complexity index is 1360. The van der Waals surface area contributed by atoms with E-state index in [1.807, 2.05) is 30.3 Å². The molecule has 4 aromatic rings. The van der Waals surface area contributed by atoms with Crippen molar-refractivity contribution in [1.82, 2.24) is 0 Å². The summed E-state index contributed by atoms with van der Waals surface area (Å²) in [6.07, 6.45) is 1.45. The van der Waals surface area contributed by atoms with E-state index >= 15 is 0 Å². The molecular formula is C25H19ClO6. The van der Waals surface area contributed by atoms with Crippen LogP contribution in [0, 0.1) is 0 Å². The summed E-state index contributed by atoms with van der Waals surface area (Å²) in [7, 11) is 1.57. The normalized spacial score (nSPS) is 12.8. The highest BCUT2D eigenvalue weighted by atomic mass is 35.5. The first-order valence-corrected chi connectivity index (χ1v) is 10.4. The molecular weight excluding hydrogens is 432 g/mol. The lowest BCUT2D eigenvalue weighted by Crippen LogP contribution is -2.14. The zero-order valence-corrected chi connectivity index (χ0v) is 18.0. The number of ether oxygens (including phenoxy) is 4. The molecule has 1 aliphatic rings. The van der Waals surface area contributed by atoms with E-state index in [0.29, 0.717) is 45.2 Å². The third-order valence-electron chi connectivity index (χ3n) is 5.29. The molecule has 7 heteroatoms. The van der Waals surface area contributed by atoms with Gasteiger partial charge in [-0.25, -0.2) is 0 Å². The molecule has 0 fully saturated rings. The summed E-state index contributed by atoms with van der Waals surface area (Å²) < 4.78 is 28.1. The minimum Gasteiger partial charge on any atom is -0.496 e. The van der Waals surface area contributed by atoms with E-state index in [4.69, 9.17) is 35.0 Å². The number of halogens is 1. The molecule has 1 aliphatic heterocycles. The second-order valence-electron chi connectivity index (χ2n) is 7.29. The number of fused-ring (bicyclic) bond motifs is 2. The summed E-state index contributed by atoms with van der Waals surface area (Å²) in [6.45, 7) is 0.883. The van der Waals surface area contributed by atoms with Gasteiger partial charge in [-0.15, -0.1) is 0 Å². The molecule has 162 valence electrons. The Hall–Kier alpha value is -3.48. The van der Waals surface area contributed by atoms with E-state index in [2.05, 4.69) is 0 Å². The van der Waals surface area contributed by atoms with Crippen molar-refractivity contribution < 1.29 is 23.4 Å². The molecule has 0 saturated carbocycles. The summed E-state index contributed by atoms with van der Waals surface area (Å²) in [5, 5.41) is 1.05. The van der Waals surface area contributed by atoms with Crippen LogP contribution in [0.3, 0.4) is 0 Å². The molecule has 0 aliphatic carbocycles. The van der Waals surface area contributed by atoms with E-state index in [1.165, 1.54) is 6.26 Å². The molecule has 0 radical (unpaired) electrons. The van der Waals surface area contributed by atoms with Gasteiger partial charge in [0.15, 0.2) is 6.79 Å². The number of methoxy groups -OCH3 is 1. The highest BCUT2D eigenvalue weighted by Gasteiger charge is 2.17. The van der Waals surface area contributed by atoms with E-state index < -0.39 is 0 Å². The lowest BCUT2D eigenvalue weighted by atomic mass is 10.0. The third kappa shape index (κ3) is 3.79. The molecule has 1 aromatic heterocycles. The van der Waals surface area contributed by atoms with Gasteiger partial charge in [-0.1, -0.05) is 29.8 Å². The Balaban J connectivity index is 1.44. The molecule has 2 heterocycles. The zero-order chi connectivity index (χ0) is 22.1. The van der Waals surface area contributed by atoms with Gasteiger partial charge < -0.3 is 23.4 Å². The quantitative estimate of drug-likeness (QED) is 0.396. The van der Waals surface area contributed by atoms with Crippen LogP contribution in [0.25, 0.3) is 22.1 Å². The van der Waals surface area contributed by atoms with Crippen LogP contribution in [0.4, 0.5) is 0 Å². The first kappa shape index (κ1) is 20.4. The number of benzene rings is 3. The van der Waals surface area contributed by atoms with Gasteiger partial charge in [0.25, 0.3) is 0 Å². The van der Waals surface area contributed by atoms with Gasteiger partial charge in [0.2, 0.25) is 5.43 Å². The molecule has 3 aromatic carbocycles. The predicted octanol–water partition coefficient (Wildman–Crippen LogP) is 5.57. The number of rotatable bonds is 5. The first-order valence-electron chi connectivity index (χ1n) is 9.97. The van der Waals surface area contributed by atoms with Crippen LogP contribution in [-0.4, -0.2) is 13.9 Å². The Morgan fingerprint density at radius 3 is 2.81 bits per heavy atom. The van der Waals surface area contributed by atoms with Gasteiger partial charge in [0.1, 0.15) is 35.7 Å². The van der Waals surface area contributed by atoms with Gasteiger partial charge in [-0.2, -0.15) is 0 Å². The van der Waals surface area contributed by atoms with E-state index in [9.17, 15) is 4.79 Å². The van der Waals surface area contributed by atoms with Crippen molar-refractivity contribution in [3.05, 3.63) is 87.2 Å². The number of hydrogen-bond donors (Lipinski definition) is 0. The maximum atomic E-state index is 13.1. The van der Waals surface area contributed by atoms with Crippen LogP contribution in [0.2, 0.25) is 5.02 Å². The van der Waals surface area contributed by atoms with Gasteiger partial charge >= 0.3 is 0 Å². The summed E-state index contributed by atoms with van der Waals surface area (Å²) in [6, 6.07) is 16.1. The van der Waals surface area contributed by atoms with Crippen molar-refractivity contribution in [1.29, 1.82) is 0 Å². The molecule has 0 bridgehead atoms. The van der Waals surface area contributed by atoms with Crippen LogP contribution >= 0.6 is 11.6 Å². The Morgan fingerprint density at radius 2 is 1.94 bits per heavy atom. The Labute approximate surface area is 188 Å². The molecule has 0 N–H and O–H groups in total. The van der Waals surface area contributed by atoms with Gasteiger partial charge in [0.05, 0.1) is 24.7 Å². The summed E-state index contributed by atoms with van der Waals surface area (Å²) in [5.74, 6) is 1.90. The molecule has 0 saturated heterocycles. The van der Waals surface area contributed by atoms with Crippen molar-refractivity contribution in [2.75, 3.05) is 13.9 Å². The minimum absolute atomic E-state index is 0.139. The van der Waals surface area contributed by atoms with E-state index in [1.54, 1.807) is 31.4 Å². The zero-order valence-electron chi connectivity index (χ0n) is 17.2. The monoisotopic (exact) mass is 450 g/mol. The maximum Gasteiger partial charge on any atom is 0.200 e. The summed E-state index contributed by atoms with van der Waals surface area (Å²) in [5.41, 5.74) is 3.12. The Kier molecular flexibility index (Phi) is 5.47. The minimum atomic E-state index is -0.139. The van der Waals surface area contributed by atoms with Crippen LogP contribution in [-0.2, 0) is 18.0 Å². The van der Waals surface area contributed by atoms with E-state index in [-0.39, 0.29) is 18.8 Å². The third-order valence-corrected chi connectivity index (χ3v) is 5.51. The lowest BCUT2D eigenvalue weighted by molar-refractivity contribution is -0.0175. The average molecular weight is 451 g/mol. The lowest BCUT2D eigenvalue weighted by Gasteiger charge is -2.21. The second kappa shape index (κ2) is 8.57. The van der Waals surface area contributed by atoms with Crippen LogP contribution < -0.4 is 19.6 Å². The SMILES string of the molecule is COc1ccccc1-c1coc2cc(OCc3cc(Cl)cc4c3OCOC4)ccc2c1=O. The van der Waals surface area contributed by atoms with Gasteiger partial charge in [-0.05, 0) is 30.3 Å². The standard InChI is InChI=1S/C25H19ClO6/c1-28-22-5-3-2-4-19(22)21-13-31-23-10-18(6-7-20(23)24(21)27)30-12-16-9-17(26)8-15-11-29-14-32-25(15)16/h2-10,13H,11-12,14H2,1H3. The van der Waals surface area contributed by atoms with E-state index in [0.717, 1.165) is 16.9 Å². The highest BCUT2D eigenvalue weighted by Crippen LogP contribution is 2.33. The second-order valence-corrected chi connectivity index (χ2v) is 7.73. The number of para-hydroxylation sites is 1. The van der Waals surface area contributed by atoms with Crippen LogP contribution in [0.15, 0.2) is 70.1 Å². The van der Waals surface area contributed by atoms with Gasteiger partial charge in [-0.3, -0.25) is 4.79 Å². The number of hydrogen-bond acceptors (Lipinski definition) is 6. The smallest absolute Gasteiger partial charge is 0.200 e. The van der Waals surface area contributed by atoms with Crippen LogP contribution in [0.1, 0.15) is 11.1 Å². The fraction of sp³-hybridized carbons (Fsp3) is 0.160. The topological polar surface area (TPSA) is 67.1 Å². The largest absolute Gasteiger partial charge is 0.496 e. The van der Waals surface area contributed by atoms with Crippen molar-refractivity contribution >= 4 is 22.6 Å². The summed E-state index contributed by atoms with van der Waals surface area (Å²) >= 11 is 6.22. The molecule has 0 unspecified atom stereocenters. The average Bonchev–Trinajstić information content (AvgIpc) is 2.82. The van der Waals surface area contributed by atoms with Crippen molar-refractivity contribution in [3.63, 3.8) is 0 Å². The first-order chi connectivity index (χ1) is 15.6. The molecule has 0 spiro atoms. The predicted molar refractivity (Wildman–Crippen MR) is 121 cm³/mol. The molecule has 32 heavy (non-hydrogen) atoms.